The Kier molecular flexibility index (Phi) is 4.27. The van der Waals surface area contributed by atoms with Crippen LogP contribution in [0.4, 0.5) is 5.95 Å². The van der Waals surface area contributed by atoms with Crippen molar-refractivity contribution in [3.8, 4) is 0 Å². The number of carbonyl (C=O) groups excluding carboxylic acids is 1. The molecule has 0 spiro atoms. The maximum Gasteiger partial charge on any atom is 0.253 e. The highest BCUT2D eigenvalue weighted by Gasteiger charge is 2.39. The summed E-state index contributed by atoms with van der Waals surface area (Å²) < 4.78 is 0. The zero-order valence-corrected chi connectivity index (χ0v) is 15.4. The Labute approximate surface area is 156 Å². The van der Waals surface area contributed by atoms with Crippen LogP contribution in [0.3, 0.4) is 0 Å². The highest BCUT2D eigenvalue weighted by Crippen LogP contribution is 2.25. The van der Waals surface area contributed by atoms with Gasteiger partial charge < -0.3 is 19.9 Å². The zero-order chi connectivity index (χ0) is 19.0. The van der Waals surface area contributed by atoms with E-state index in [0.29, 0.717) is 31.0 Å². The van der Waals surface area contributed by atoms with E-state index in [4.69, 9.17) is 0 Å². The number of β-amino-alcohol motifs (C(OH)–C–C–N with tert-alkyl or cyclic N) is 1. The number of hydrogen-bond acceptors (Lipinski definition) is 6. The number of imidazole rings is 1. The number of rotatable bonds is 4. The maximum atomic E-state index is 12.8. The van der Waals surface area contributed by atoms with Crippen LogP contribution in [-0.2, 0) is 0 Å². The lowest BCUT2D eigenvalue weighted by atomic mass is 10.0. The van der Waals surface area contributed by atoms with Crippen molar-refractivity contribution in [2.45, 2.75) is 18.9 Å². The second-order valence-electron chi connectivity index (χ2n) is 7.16. The van der Waals surface area contributed by atoms with E-state index in [1.807, 2.05) is 17.9 Å². The first-order valence-electron chi connectivity index (χ1n) is 8.90. The third-order valence-corrected chi connectivity index (χ3v) is 4.89. The van der Waals surface area contributed by atoms with Crippen molar-refractivity contribution in [3.63, 3.8) is 0 Å². The van der Waals surface area contributed by atoms with Crippen molar-refractivity contribution in [2.75, 3.05) is 31.6 Å². The van der Waals surface area contributed by atoms with Crippen LogP contribution in [-0.4, -0.2) is 68.1 Å². The summed E-state index contributed by atoms with van der Waals surface area (Å²) in [5, 5.41) is 11.0. The van der Waals surface area contributed by atoms with E-state index in [1.165, 1.54) is 0 Å². The summed E-state index contributed by atoms with van der Waals surface area (Å²) >= 11 is 0. The lowest BCUT2D eigenvalue weighted by Crippen LogP contribution is -2.46. The predicted octanol–water partition coefficient (Wildman–Crippen LogP) is 1.37. The van der Waals surface area contributed by atoms with Gasteiger partial charge in [0.2, 0.25) is 5.95 Å². The van der Waals surface area contributed by atoms with Crippen LogP contribution in [0.25, 0.3) is 11.0 Å². The molecule has 1 aromatic carbocycles. The quantitative estimate of drug-likeness (QED) is 0.724. The maximum absolute atomic E-state index is 12.8. The second-order valence-corrected chi connectivity index (χ2v) is 7.16. The third kappa shape index (κ3) is 3.48. The third-order valence-electron chi connectivity index (χ3n) is 4.89. The van der Waals surface area contributed by atoms with Gasteiger partial charge in [0.15, 0.2) is 0 Å². The highest BCUT2D eigenvalue weighted by atomic mass is 16.3. The van der Waals surface area contributed by atoms with Crippen LogP contribution in [0.5, 0.6) is 0 Å². The average molecular weight is 366 g/mol. The minimum atomic E-state index is -0.988. The number of aromatic amines is 1. The molecular weight excluding hydrogens is 344 g/mol. The molecule has 0 aliphatic carbocycles. The largest absolute Gasteiger partial charge is 0.386 e. The average Bonchev–Trinajstić information content (AvgIpc) is 3.23. The molecule has 1 aliphatic heterocycles. The van der Waals surface area contributed by atoms with Gasteiger partial charge in [-0.3, -0.25) is 4.79 Å². The molecule has 8 heteroatoms. The van der Waals surface area contributed by atoms with Crippen LogP contribution in [0.1, 0.15) is 22.6 Å². The van der Waals surface area contributed by atoms with Gasteiger partial charge in [-0.25, -0.2) is 15.0 Å². The summed E-state index contributed by atoms with van der Waals surface area (Å²) in [5.74, 6) is 1.28. The fourth-order valence-electron chi connectivity index (χ4n) is 3.61. The molecule has 2 aromatic heterocycles. The summed E-state index contributed by atoms with van der Waals surface area (Å²) in [6, 6.07) is 7.16. The molecule has 140 valence electrons. The van der Waals surface area contributed by atoms with E-state index in [9.17, 15) is 9.90 Å². The molecule has 1 fully saturated rings. The Morgan fingerprint density at radius 2 is 2.15 bits per heavy atom. The van der Waals surface area contributed by atoms with E-state index in [0.717, 1.165) is 16.9 Å². The summed E-state index contributed by atoms with van der Waals surface area (Å²) in [4.78, 5) is 32.3. The van der Waals surface area contributed by atoms with E-state index < -0.39 is 5.60 Å². The number of aliphatic hydroxyl groups is 1. The van der Waals surface area contributed by atoms with Crippen molar-refractivity contribution >= 4 is 22.9 Å². The van der Waals surface area contributed by atoms with Crippen LogP contribution in [0, 0.1) is 6.92 Å². The van der Waals surface area contributed by atoms with Gasteiger partial charge in [0.25, 0.3) is 5.91 Å². The number of hydrogen-bond donors (Lipinski definition) is 2. The molecule has 27 heavy (non-hydrogen) atoms. The number of anilines is 1. The molecule has 2 N–H and O–H groups in total. The van der Waals surface area contributed by atoms with Gasteiger partial charge in [0, 0.05) is 31.5 Å². The number of likely N-dealkylation sites (N-methyl/N-ethyl adjacent to an activating group) is 1. The second kappa shape index (κ2) is 6.62. The summed E-state index contributed by atoms with van der Waals surface area (Å²) in [5.41, 5.74) is 1.25. The van der Waals surface area contributed by atoms with Gasteiger partial charge >= 0.3 is 0 Å². The summed E-state index contributed by atoms with van der Waals surface area (Å²) in [7, 11) is 1.71. The highest BCUT2D eigenvalue weighted by molar-refractivity contribution is 5.97. The fraction of sp³-hybridized carbons (Fsp3) is 0.368. The van der Waals surface area contributed by atoms with E-state index in [2.05, 4.69) is 19.9 Å². The van der Waals surface area contributed by atoms with Crippen LogP contribution < -0.4 is 4.90 Å². The summed E-state index contributed by atoms with van der Waals surface area (Å²) in [6.07, 6.45) is 3.92. The standard InChI is InChI=1S/C19H22N6O2/c1-13-22-15-5-4-14(10-16(15)23-13)17(26)24(2)11-19(27)6-9-25(12-19)18-20-7-3-8-21-18/h3-5,7-8,10,27H,6,9,11-12H2,1-2H3,(H,22,23). The van der Waals surface area contributed by atoms with Gasteiger partial charge in [-0.1, -0.05) is 0 Å². The van der Waals surface area contributed by atoms with Crippen molar-refractivity contribution in [1.82, 2.24) is 24.8 Å². The Morgan fingerprint density at radius 3 is 2.93 bits per heavy atom. The van der Waals surface area contributed by atoms with Crippen LogP contribution in [0.15, 0.2) is 36.7 Å². The molecule has 1 amide bonds. The molecule has 4 rings (SSSR count). The molecule has 0 bridgehead atoms. The molecule has 0 saturated carbocycles. The smallest absolute Gasteiger partial charge is 0.253 e. The van der Waals surface area contributed by atoms with Crippen molar-refractivity contribution in [2.24, 2.45) is 0 Å². The van der Waals surface area contributed by atoms with Crippen molar-refractivity contribution < 1.29 is 9.90 Å². The fourth-order valence-corrected chi connectivity index (χ4v) is 3.61. The van der Waals surface area contributed by atoms with E-state index in [-0.39, 0.29) is 12.5 Å². The molecule has 3 heterocycles. The van der Waals surface area contributed by atoms with E-state index >= 15 is 0 Å². The normalized spacial score (nSPS) is 19.6. The Morgan fingerprint density at radius 1 is 1.37 bits per heavy atom. The van der Waals surface area contributed by atoms with Crippen LogP contribution in [0.2, 0.25) is 0 Å². The number of aryl methyl sites for hydroxylation is 1. The molecule has 8 nitrogen and oxygen atoms in total. The number of nitrogens with one attached hydrogen (secondary N) is 1. The van der Waals surface area contributed by atoms with Crippen molar-refractivity contribution in [1.29, 1.82) is 0 Å². The summed E-state index contributed by atoms with van der Waals surface area (Å²) in [6.45, 7) is 3.18. The molecule has 1 atom stereocenters. The predicted molar refractivity (Wildman–Crippen MR) is 102 cm³/mol. The number of benzene rings is 1. The lowest BCUT2D eigenvalue weighted by Gasteiger charge is -2.29. The number of aromatic nitrogens is 4. The Bertz CT molecular complexity index is 973. The Balaban J connectivity index is 1.46. The molecular formula is C19H22N6O2. The van der Waals surface area contributed by atoms with E-state index in [1.54, 1.807) is 42.5 Å². The SMILES string of the molecule is Cc1nc2ccc(C(=O)N(C)CC3(O)CCN(c4ncccn4)C3)cc2[nH]1. The number of amides is 1. The first kappa shape index (κ1) is 17.4. The Hall–Kier alpha value is -3.00. The number of nitrogens with zero attached hydrogens (tertiary/aromatic N) is 5. The molecule has 1 unspecified atom stereocenters. The number of fused-ring (bicyclic) bond motifs is 1. The minimum absolute atomic E-state index is 0.132. The van der Waals surface area contributed by atoms with Gasteiger partial charge in [0.1, 0.15) is 11.4 Å². The van der Waals surface area contributed by atoms with Gasteiger partial charge in [-0.15, -0.1) is 0 Å². The monoisotopic (exact) mass is 366 g/mol. The van der Waals surface area contributed by atoms with Crippen molar-refractivity contribution in [3.05, 3.63) is 48.0 Å². The first-order chi connectivity index (χ1) is 12.9. The number of carbonyl (C=O) groups is 1. The topological polar surface area (TPSA) is 98.2 Å². The molecule has 1 saturated heterocycles. The molecule has 1 aliphatic rings. The van der Waals surface area contributed by atoms with Gasteiger partial charge in [-0.2, -0.15) is 0 Å². The zero-order valence-electron chi connectivity index (χ0n) is 15.4. The van der Waals surface area contributed by atoms with Gasteiger partial charge in [0.05, 0.1) is 24.1 Å². The number of H-pyrrole nitrogens is 1. The van der Waals surface area contributed by atoms with Gasteiger partial charge in [-0.05, 0) is 37.6 Å². The first-order valence-corrected chi connectivity index (χ1v) is 8.90. The molecule has 0 radical (unpaired) electrons. The minimum Gasteiger partial charge on any atom is -0.386 e. The lowest BCUT2D eigenvalue weighted by molar-refractivity contribution is 0.0264. The molecule has 3 aromatic rings. The van der Waals surface area contributed by atoms with Crippen LogP contribution >= 0.6 is 0 Å².